The molecule has 0 aliphatic carbocycles. The zero-order valence-electron chi connectivity index (χ0n) is 37.4. The molecule has 0 bridgehead atoms. The lowest BCUT2D eigenvalue weighted by Crippen LogP contribution is -2.34. The quantitative estimate of drug-likeness (QED) is 0.0393. The number of hydrogen-bond acceptors (Lipinski definition) is 15. The summed E-state index contributed by atoms with van der Waals surface area (Å²) in [6.45, 7) is 6.39. The second-order valence-corrected chi connectivity index (χ2v) is 20.3. The Morgan fingerprint density at radius 2 is 1.47 bits per heavy atom. The Balaban J connectivity index is 1.64. The van der Waals surface area contributed by atoms with Gasteiger partial charge in [-0.05, 0) is 99.2 Å². The molecule has 0 spiro atoms. The zero-order valence-corrected chi connectivity index (χ0v) is 39.9. The predicted molar refractivity (Wildman–Crippen MR) is 244 cm³/mol. The molecule has 2 atom stereocenters. The summed E-state index contributed by atoms with van der Waals surface area (Å²) in [5, 5.41) is 0.464. The number of ether oxygens (including phenoxy) is 3. The van der Waals surface area contributed by atoms with Crippen LogP contribution in [-0.2, 0) is 74.6 Å². The van der Waals surface area contributed by atoms with Crippen molar-refractivity contribution in [3.63, 3.8) is 0 Å². The first kappa shape index (κ1) is 53.7. The lowest BCUT2D eigenvalue weighted by molar-refractivity contribution is -0.198. The van der Waals surface area contributed by atoms with Crippen molar-refractivity contribution >= 4 is 59.5 Å². The minimum absolute atomic E-state index is 0.0114. The monoisotopic (exact) mass is 979 g/mol. The predicted octanol–water partition coefficient (Wildman–Crippen LogP) is 4.88. The average Bonchev–Trinajstić information content (AvgIpc) is 3.67. The van der Waals surface area contributed by atoms with Crippen LogP contribution in [0.15, 0.2) is 99.4 Å². The van der Waals surface area contributed by atoms with Crippen molar-refractivity contribution in [3.05, 3.63) is 101 Å². The fourth-order valence-electron chi connectivity index (χ4n) is 7.74. The van der Waals surface area contributed by atoms with E-state index in [0.29, 0.717) is 39.6 Å². The molecule has 2 unspecified atom stereocenters. The van der Waals surface area contributed by atoms with E-state index in [4.69, 9.17) is 24.0 Å². The number of imide groups is 1. The van der Waals surface area contributed by atoms with Gasteiger partial charge in [0.1, 0.15) is 0 Å². The van der Waals surface area contributed by atoms with Crippen LogP contribution in [0.1, 0.15) is 69.1 Å². The number of carbonyl (C=O) groups excluding carboxylic acids is 3. The minimum atomic E-state index is -4.61. The number of allylic oxidation sites excluding steroid dienone is 8. The molecule has 0 saturated carbocycles. The second-order valence-electron chi connectivity index (χ2n) is 15.9. The van der Waals surface area contributed by atoms with Crippen molar-refractivity contribution < 1.29 is 72.3 Å². The van der Waals surface area contributed by atoms with Crippen LogP contribution in [0.2, 0.25) is 0 Å². The topological polar surface area (TPSA) is 270 Å². The molecule has 0 aromatic heterocycles. The third-order valence-corrected chi connectivity index (χ3v) is 13.7. The highest BCUT2D eigenvalue weighted by Gasteiger charge is 2.44. The number of amides is 2. The summed E-state index contributed by atoms with van der Waals surface area (Å²) in [4.78, 5) is 46.9. The fourth-order valence-corrected chi connectivity index (χ4v) is 9.26. The van der Waals surface area contributed by atoms with E-state index in [0.717, 1.165) is 5.70 Å². The Bertz CT molecular complexity index is 2590. The number of aliphatic imine (C=N–C) groups is 1. The van der Waals surface area contributed by atoms with Gasteiger partial charge in [0.2, 0.25) is 0 Å². The molecule has 0 radical (unpaired) electrons. The number of anilines is 1. The highest BCUT2D eigenvalue weighted by molar-refractivity contribution is 7.86. The molecule has 22 heteroatoms. The van der Waals surface area contributed by atoms with Gasteiger partial charge in [0.05, 0.1) is 48.3 Å². The molecule has 1 saturated heterocycles. The van der Waals surface area contributed by atoms with Crippen molar-refractivity contribution in [1.82, 2.24) is 5.06 Å². The summed E-state index contributed by atoms with van der Waals surface area (Å²) in [6.07, 6.45) is 12.4. The van der Waals surface area contributed by atoms with E-state index in [1.54, 1.807) is 56.4 Å². The van der Waals surface area contributed by atoms with Crippen LogP contribution >= 0.6 is 0 Å². The summed E-state index contributed by atoms with van der Waals surface area (Å²) >= 11 is 0. The van der Waals surface area contributed by atoms with Gasteiger partial charge in [0.25, 0.3) is 42.2 Å². The molecule has 66 heavy (non-hydrogen) atoms. The van der Waals surface area contributed by atoms with E-state index in [1.807, 2.05) is 17.9 Å². The highest BCUT2D eigenvalue weighted by atomic mass is 32.2. The van der Waals surface area contributed by atoms with Crippen LogP contribution in [0, 0.1) is 6.92 Å². The molecule has 362 valence electrons. The number of carbonyl (C=O) groups is 3. The molecular formula is C44H57N3O16S3. The lowest BCUT2D eigenvalue weighted by atomic mass is 9.72. The minimum Gasteiger partial charge on any atom is -0.385 e. The highest BCUT2D eigenvalue weighted by Crippen LogP contribution is 2.50. The van der Waals surface area contributed by atoms with Crippen molar-refractivity contribution in [3.8, 4) is 0 Å². The Labute approximate surface area is 386 Å². The summed E-state index contributed by atoms with van der Waals surface area (Å²) in [7, 11) is -10.5. The molecule has 2 heterocycles. The van der Waals surface area contributed by atoms with Gasteiger partial charge < -0.3 is 23.9 Å². The summed E-state index contributed by atoms with van der Waals surface area (Å²) in [5.74, 6) is -2.57. The molecule has 19 nitrogen and oxygen atoms in total. The second kappa shape index (κ2) is 23.2. The first-order valence-corrected chi connectivity index (χ1v) is 25.3. The van der Waals surface area contributed by atoms with Crippen molar-refractivity contribution in [2.24, 2.45) is 4.99 Å². The third kappa shape index (κ3) is 14.3. The number of nitrogens with zero attached hydrogens (tertiary/aromatic N) is 3. The van der Waals surface area contributed by atoms with E-state index in [9.17, 15) is 53.3 Å². The molecule has 2 aliphatic rings. The van der Waals surface area contributed by atoms with E-state index in [1.165, 1.54) is 44.6 Å². The molecule has 3 N–H and O–H groups in total. The number of methoxy groups -OCH3 is 2. The molecule has 2 aliphatic heterocycles. The number of aryl methyl sites for hydroxylation is 1. The zero-order chi connectivity index (χ0) is 48.9. The van der Waals surface area contributed by atoms with E-state index in [-0.39, 0.29) is 81.4 Å². The average molecular weight is 980 g/mol. The number of hydroxylamine groups is 2. The number of benzene rings is 2. The van der Waals surface area contributed by atoms with Gasteiger partial charge in [-0.1, -0.05) is 36.4 Å². The molecule has 2 amide bonds. The maximum absolute atomic E-state index is 12.3. The maximum Gasteiger partial charge on any atom is 0.335 e. The third-order valence-electron chi connectivity index (χ3n) is 11.2. The van der Waals surface area contributed by atoms with Crippen LogP contribution < -0.4 is 4.90 Å². The van der Waals surface area contributed by atoms with E-state index < -0.39 is 64.7 Å². The van der Waals surface area contributed by atoms with Gasteiger partial charge in [-0.2, -0.15) is 25.3 Å². The van der Waals surface area contributed by atoms with Gasteiger partial charge in [0, 0.05) is 68.1 Å². The van der Waals surface area contributed by atoms with E-state index in [2.05, 4.69) is 0 Å². The van der Waals surface area contributed by atoms with Crippen LogP contribution in [0.5, 0.6) is 0 Å². The standard InChI is InChI=1S/C44H57N3O16S3/c1-32-14-15-33(65(54,55)56)30-35(32)43(2,21-11-29-64(51,52)53)38(45-23-27-61-5)12-9-7-6-8-10-13-39-44(3,22-26-60-4)36-31-34(66(57,58)59)16-17-37(36)46(39)24-28-62-25-20-42(50)63-47-40(48)18-19-41(47)49/h6-10,12-17,30-31H,11,18-29H2,1-5H3,(H,51,52,53)(H,54,55,56)(H,57,58,59)/b7-6+,10-8+,12-9+,39-13+,45-38?. The van der Waals surface area contributed by atoms with Crippen molar-refractivity contribution in [1.29, 1.82) is 0 Å². The molecule has 2 aromatic rings. The van der Waals surface area contributed by atoms with Gasteiger partial charge >= 0.3 is 5.97 Å². The summed E-state index contributed by atoms with van der Waals surface area (Å²) < 4.78 is 118. The molecular weight excluding hydrogens is 923 g/mol. The van der Waals surface area contributed by atoms with Crippen LogP contribution in [0.4, 0.5) is 5.69 Å². The Morgan fingerprint density at radius 1 is 0.848 bits per heavy atom. The Hall–Kier alpha value is -4.91. The molecule has 1 fully saturated rings. The SMILES string of the molecule is COCCN=C(/C=C/C=C/C=C/C=C1/N(CCOCCC(=O)ON2C(=O)CCC2=O)c2ccc(S(=O)(=O)O)cc2C1(C)CCOC)C(C)(CCCS(=O)(=O)O)c1cc(S(=O)(=O)O)ccc1C. The summed E-state index contributed by atoms with van der Waals surface area (Å²) in [5.41, 5.74) is 1.58. The molecule has 4 rings (SSSR count). The molecule has 2 aromatic carbocycles. The van der Waals surface area contributed by atoms with Crippen LogP contribution in [-0.4, -0.2) is 127 Å². The van der Waals surface area contributed by atoms with Crippen LogP contribution in [0.3, 0.4) is 0 Å². The number of hydrogen-bond donors (Lipinski definition) is 3. The number of rotatable bonds is 25. The largest absolute Gasteiger partial charge is 0.385 e. The van der Waals surface area contributed by atoms with Gasteiger partial charge in [-0.3, -0.25) is 28.2 Å². The maximum atomic E-state index is 12.3. The van der Waals surface area contributed by atoms with Crippen molar-refractivity contribution in [2.45, 2.75) is 79.9 Å². The fraction of sp³-hybridized carbons (Fsp3) is 0.455. The van der Waals surface area contributed by atoms with Crippen molar-refractivity contribution in [2.75, 3.05) is 64.4 Å². The smallest absolute Gasteiger partial charge is 0.335 e. The van der Waals surface area contributed by atoms with Gasteiger partial charge in [-0.25, -0.2) is 4.79 Å². The van der Waals surface area contributed by atoms with E-state index >= 15 is 0 Å². The Kier molecular flexibility index (Phi) is 18.9. The lowest BCUT2D eigenvalue weighted by Gasteiger charge is -2.33. The van der Waals surface area contributed by atoms with Gasteiger partial charge in [0.15, 0.2) is 0 Å². The van der Waals surface area contributed by atoms with Crippen LogP contribution in [0.25, 0.3) is 0 Å². The first-order chi connectivity index (χ1) is 31.0. The normalized spacial score (nSPS) is 19.0. The Morgan fingerprint density at radius 3 is 2.11 bits per heavy atom. The summed E-state index contributed by atoms with van der Waals surface area (Å²) in [6, 6.07) is 8.42. The first-order valence-electron chi connectivity index (χ1n) is 20.8. The number of fused-ring (bicyclic) bond motifs is 1. The van der Waals surface area contributed by atoms with Gasteiger partial charge in [-0.15, -0.1) is 5.06 Å².